The number of carbonyl (C=O) groups is 1. The zero-order chi connectivity index (χ0) is 14.4. The lowest BCUT2D eigenvalue weighted by molar-refractivity contribution is 0.232. The van der Waals surface area contributed by atoms with E-state index in [1.807, 2.05) is 31.6 Å². The van der Waals surface area contributed by atoms with E-state index >= 15 is 0 Å². The predicted octanol–water partition coefficient (Wildman–Crippen LogP) is 2.44. The summed E-state index contributed by atoms with van der Waals surface area (Å²) in [6, 6.07) is 7.72. The molecule has 0 bridgehead atoms. The average Bonchev–Trinajstić information content (AvgIpc) is 3.09. The second-order valence-corrected chi connectivity index (χ2v) is 5.62. The van der Waals surface area contributed by atoms with E-state index in [0.29, 0.717) is 13.1 Å². The third kappa shape index (κ3) is 4.11. The van der Waals surface area contributed by atoms with Crippen LogP contribution in [0.4, 0.5) is 4.79 Å². The number of hydrogen-bond donors (Lipinski definition) is 2. The molecule has 2 aromatic rings. The number of rotatable bonds is 6. The molecule has 0 aliphatic heterocycles. The molecule has 2 amide bonds. The Hall–Kier alpha value is -1.79. The molecule has 20 heavy (non-hydrogen) atoms. The van der Waals surface area contributed by atoms with Crippen molar-refractivity contribution in [2.75, 3.05) is 20.6 Å². The highest BCUT2D eigenvalue weighted by molar-refractivity contribution is 7.10. The lowest BCUT2D eigenvalue weighted by Gasteiger charge is -2.23. The molecule has 2 aromatic heterocycles. The van der Waals surface area contributed by atoms with Crippen LogP contribution in [0.25, 0.3) is 0 Å². The van der Waals surface area contributed by atoms with Crippen LogP contribution in [0.3, 0.4) is 0 Å². The van der Waals surface area contributed by atoms with Crippen LogP contribution in [-0.4, -0.2) is 31.6 Å². The van der Waals surface area contributed by atoms with Gasteiger partial charge in [-0.15, -0.1) is 11.3 Å². The summed E-state index contributed by atoms with van der Waals surface area (Å²) in [4.78, 5) is 15.1. The maximum absolute atomic E-state index is 11.8. The summed E-state index contributed by atoms with van der Waals surface area (Å²) in [7, 11) is 4.01. The summed E-state index contributed by atoms with van der Waals surface area (Å²) in [5.41, 5.74) is 0. The first-order valence-corrected chi connectivity index (χ1v) is 7.28. The first-order valence-electron chi connectivity index (χ1n) is 6.40. The molecule has 0 spiro atoms. The standard InChI is InChI=1S/C14H19N3O2S/c1-17(2)12(13-6-4-8-20-13)10-16-14(18)15-9-11-5-3-7-19-11/h3-8,12H,9-10H2,1-2H3,(H2,15,16,18)/t12-/m1/s1. The van der Waals surface area contributed by atoms with Crippen LogP contribution < -0.4 is 10.6 Å². The summed E-state index contributed by atoms with van der Waals surface area (Å²) in [6.07, 6.45) is 1.59. The van der Waals surface area contributed by atoms with E-state index in [4.69, 9.17) is 4.42 Å². The molecule has 5 nitrogen and oxygen atoms in total. The fourth-order valence-corrected chi connectivity index (χ4v) is 2.77. The number of likely N-dealkylation sites (N-methyl/N-ethyl adjacent to an activating group) is 1. The van der Waals surface area contributed by atoms with Crippen LogP contribution in [0, 0.1) is 0 Å². The monoisotopic (exact) mass is 293 g/mol. The topological polar surface area (TPSA) is 57.5 Å². The Labute approximate surface area is 122 Å². The van der Waals surface area contributed by atoms with E-state index in [1.165, 1.54) is 4.88 Å². The molecular weight excluding hydrogens is 274 g/mol. The van der Waals surface area contributed by atoms with Gasteiger partial charge in [-0.1, -0.05) is 6.07 Å². The Kier molecular flexibility index (Phi) is 5.20. The fourth-order valence-electron chi connectivity index (χ4n) is 1.85. The van der Waals surface area contributed by atoms with Crippen LogP contribution in [0.1, 0.15) is 16.7 Å². The second-order valence-electron chi connectivity index (χ2n) is 4.64. The van der Waals surface area contributed by atoms with Crippen LogP contribution in [0.5, 0.6) is 0 Å². The molecule has 0 saturated carbocycles. The Balaban J connectivity index is 1.79. The van der Waals surface area contributed by atoms with Gasteiger partial charge < -0.3 is 20.0 Å². The van der Waals surface area contributed by atoms with Crippen molar-refractivity contribution < 1.29 is 9.21 Å². The van der Waals surface area contributed by atoms with E-state index in [0.717, 1.165) is 5.76 Å². The molecule has 108 valence electrons. The number of urea groups is 1. The molecule has 2 N–H and O–H groups in total. The molecule has 2 rings (SSSR count). The summed E-state index contributed by atoms with van der Waals surface area (Å²) in [5.74, 6) is 0.738. The van der Waals surface area contributed by atoms with Gasteiger partial charge in [-0.3, -0.25) is 0 Å². The number of thiophene rings is 1. The highest BCUT2D eigenvalue weighted by Crippen LogP contribution is 2.22. The minimum absolute atomic E-state index is 0.185. The summed E-state index contributed by atoms with van der Waals surface area (Å²) in [6.45, 7) is 0.960. The Morgan fingerprint density at radius 3 is 2.80 bits per heavy atom. The molecule has 6 heteroatoms. The third-order valence-corrected chi connectivity index (χ3v) is 3.93. The fraction of sp³-hybridized carbons (Fsp3) is 0.357. The van der Waals surface area contributed by atoms with Gasteiger partial charge in [-0.25, -0.2) is 4.79 Å². The van der Waals surface area contributed by atoms with E-state index in [-0.39, 0.29) is 12.1 Å². The first-order chi connectivity index (χ1) is 9.66. The highest BCUT2D eigenvalue weighted by atomic mass is 32.1. The number of furan rings is 1. The van der Waals surface area contributed by atoms with Crippen molar-refractivity contribution in [2.24, 2.45) is 0 Å². The number of nitrogens with one attached hydrogen (secondary N) is 2. The van der Waals surface area contributed by atoms with Gasteiger partial charge >= 0.3 is 6.03 Å². The van der Waals surface area contributed by atoms with Crippen molar-refractivity contribution in [2.45, 2.75) is 12.6 Å². The van der Waals surface area contributed by atoms with Crippen LogP contribution in [-0.2, 0) is 6.54 Å². The largest absolute Gasteiger partial charge is 0.467 e. The minimum Gasteiger partial charge on any atom is -0.467 e. The van der Waals surface area contributed by atoms with Crippen molar-refractivity contribution in [1.82, 2.24) is 15.5 Å². The third-order valence-electron chi connectivity index (χ3n) is 2.95. The summed E-state index contributed by atoms with van der Waals surface area (Å²) < 4.78 is 5.16. The quantitative estimate of drug-likeness (QED) is 0.860. The Morgan fingerprint density at radius 1 is 1.35 bits per heavy atom. The van der Waals surface area contributed by atoms with Gasteiger partial charge in [-0.2, -0.15) is 0 Å². The molecule has 0 fully saturated rings. The van der Waals surface area contributed by atoms with Crippen molar-refractivity contribution in [3.8, 4) is 0 Å². The van der Waals surface area contributed by atoms with Crippen molar-refractivity contribution >= 4 is 17.4 Å². The SMILES string of the molecule is CN(C)[C@H](CNC(=O)NCc1ccco1)c1cccs1. The highest BCUT2D eigenvalue weighted by Gasteiger charge is 2.16. The average molecular weight is 293 g/mol. The van der Waals surface area contributed by atoms with E-state index in [2.05, 4.69) is 21.6 Å². The van der Waals surface area contributed by atoms with Crippen molar-refractivity contribution in [3.05, 3.63) is 46.5 Å². The van der Waals surface area contributed by atoms with Crippen LogP contribution in [0.15, 0.2) is 40.3 Å². The Bertz CT molecular complexity index is 509. The molecule has 2 heterocycles. The van der Waals surface area contributed by atoms with E-state index in [9.17, 15) is 4.79 Å². The maximum Gasteiger partial charge on any atom is 0.315 e. The number of hydrogen-bond acceptors (Lipinski definition) is 4. The lowest BCUT2D eigenvalue weighted by atomic mass is 10.2. The van der Waals surface area contributed by atoms with Crippen LogP contribution >= 0.6 is 11.3 Å². The zero-order valence-electron chi connectivity index (χ0n) is 11.6. The summed E-state index contributed by atoms with van der Waals surface area (Å²) in [5, 5.41) is 7.70. The summed E-state index contributed by atoms with van der Waals surface area (Å²) >= 11 is 1.69. The van der Waals surface area contributed by atoms with Gasteiger partial charge in [0.1, 0.15) is 5.76 Å². The smallest absolute Gasteiger partial charge is 0.315 e. The molecule has 1 atom stereocenters. The molecule has 0 aliphatic carbocycles. The van der Waals surface area contributed by atoms with E-state index < -0.39 is 0 Å². The van der Waals surface area contributed by atoms with E-state index in [1.54, 1.807) is 23.7 Å². The van der Waals surface area contributed by atoms with Gasteiger partial charge in [0.2, 0.25) is 0 Å². The molecular formula is C14H19N3O2S. The maximum atomic E-state index is 11.8. The number of carbonyl (C=O) groups excluding carboxylic acids is 1. The van der Waals surface area contributed by atoms with Crippen molar-refractivity contribution in [3.63, 3.8) is 0 Å². The van der Waals surface area contributed by atoms with Gasteiger partial charge in [0.25, 0.3) is 0 Å². The lowest BCUT2D eigenvalue weighted by Crippen LogP contribution is -2.40. The predicted molar refractivity (Wildman–Crippen MR) is 79.7 cm³/mol. The molecule has 0 unspecified atom stereocenters. The molecule has 0 aliphatic rings. The Morgan fingerprint density at radius 2 is 2.20 bits per heavy atom. The second kappa shape index (κ2) is 7.12. The number of amides is 2. The molecule has 0 saturated heterocycles. The van der Waals surface area contributed by atoms with Gasteiger partial charge in [0.05, 0.1) is 18.8 Å². The minimum atomic E-state index is -0.190. The number of nitrogens with zero attached hydrogens (tertiary/aromatic N) is 1. The normalized spacial score (nSPS) is 12.3. The zero-order valence-corrected chi connectivity index (χ0v) is 12.4. The van der Waals surface area contributed by atoms with Gasteiger partial charge in [0.15, 0.2) is 0 Å². The van der Waals surface area contributed by atoms with Gasteiger partial charge in [-0.05, 0) is 37.7 Å². The first kappa shape index (κ1) is 14.6. The molecule has 0 radical (unpaired) electrons. The van der Waals surface area contributed by atoms with Crippen molar-refractivity contribution in [1.29, 1.82) is 0 Å². The van der Waals surface area contributed by atoms with Gasteiger partial charge in [0, 0.05) is 11.4 Å². The molecule has 0 aromatic carbocycles. The van der Waals surface area contributed by atoms with Crippen LogP contribution in [0.2, 0.25) is 0 Å².